The highest BCUT2D eigenvalue weighted by Crippen LogP contribution is 2.33. The van der Waals surface area contributed by atoms with Crippen LogP contribution in [0.3, 0.4) is 0 Å². The molecule has 11 heteroatoms. The van der Waals surface area contributed by atoms with Crippen LogP contribution in [-0.2, 0) is 36.9 Å². The van der Waals surface area contributed by atoms with Gasteiger partial charge in [-0.25, -0.2) is 4.79 Å². The van der Waals surface area contributed by atoms with E-state index in [1.54, 1.807) is 48.5 Å². The van der Waals surface area contributed by atoms with E-state index in [4.69, 9.17) is 26.2 Å². The Kier molecular flexibility index (Phi) is 10.4. The molecule has 2 amide bonds. The Morgan fingerprint density at radius 1 is 1.08 bits per heavy atom. The highest BCUT2D eigenvalue weighted by molar-refractivity contribution is 6.30. The summed E-state index contributed by atoms with van der Waals surface area (Å²) in [4.78, 5) is 36.3. The molecule has 0 aliphatic carbocycles. The topological polar surface area (TPSA) is 154 Å². The van der Waals surface area contributed by atoms with Crippen LogP contribution in [0.5, 0.6) is 0 Å². The minimum absolute atomic E-state index is 0.0247. The largest absolute Gasteiger partial charge is 0.477 e. The first-order chi connectivity index (χ1) is 17.7. The smallest absolute Gasteiger partial charge is 0.364 e. The number of ether oxygens (including phenoxy) is 2. The third-order valence-electron chi connectivity index (χ3n) is 6.06. The Bertz CT molecular complexity index is 1050. The lowest BCUT2D eigenvalue weighted by Crippen LogP contribution is -2.61. The van der Waals surface area contributed by atoms with Gasteiger partial charge in [0.15, 0.2) is 0 Å². The van der Waals surface area contributed by atoms with Gasteiger partial charge in [0.2, 0.25) is 11.8 Å². The van der Waals surface area contributed by atoms with Gasteiger partial charge >= 0.3 is 5.97 Å². The first-order valence-corrected chi connectivity index (χ1v) is 12.3. The number of aliphatic hydroxyl groups excluding tert-OH is 2. The second-order valence-electron chi connectivity index (χ2n) is 8.79. The lowest BCUT2D eigenvalue weighted by Gasteiger charge is -2.43. The Balaban J connectivity index is 1.64. The quantitative estimate of drug-likeness (QED) is 0.274. The number of carbonyl (C=O) groups is 3. The van der Waals surface area contributed by atoms with Gasteiger partial charge in [-0.15, -0.1) is 0 Å². The summed E-state index contributed by atoms with van der Waals surface area (Å²) in [6.07, 6.45) is -2.23. The molecule has 1 fully saturated rings. The van der Waals surface area contributed by atoms with Gasteiger partial charge in [-0.1, -0.05) is 54.1 Å². The van der Waals surface area contributed by atoms with Crippen molar-refractivity contribution in [2.24, 2.45) is 0 Å². The maximum Gasteiger partial charge on any atom is 0.364 e. The van der Waals surface area contributed by atoms with Crippen LogP contribution in [0, 0.1) is 0 Å². The maximum atomic E-state index is 12.3. The van der Waals surface area contributed by atoms with Crippen LogP contribution >= 0.6 is 11.6 Å². The number of carbonyl (C=O) groups excluding carboxylic acids is 2. The third kappa shape index (κ3) is 8.24. The number of aliphatic hydroxyl groups is 2. The molecular weight excluding hydrogens is 504 g/mol. The Labute approximate surface area is 219 Å². The van der Waals surface area contributed by atoms with E-state index in [-0.39, 0.29) is 44.7 Å². The van der Waals surface area contributed by atoms with Crippen molar-refractivity contribution in [2.75, 3.05) is 13.2 Å². The van der Waals surface area contributed by atoms with Crippen LogP contribution in [0.2, 0.25) is 5.02 Å². The van der Waals surface area contributed by atoms with Crippen LogP contribution in [-0.4, -0.2) is 70.3 Å². The number of nitrogens with one attached hydrogen (secondary N) is 2. The summed E-state index contributed by atoms with van der Waals surface area (Å²) in [5.41, 5.74) is 1.51. The predicted octanol–water partition coefficient (Wildman–Crippen LogP) is 1.40. The SMILES string of the molecule is O=C(Cc1ccc(Cl)cc1)NCC[C@@H](O)[C@@H]1O[C@@](OCc2ccccc2)(C(=O)O)CCC1NC(=O)CO. The van der Waals surface area contributed by atoms with E-state index in [2.05, 4.69) is 10.6 Å². The summed E-state index contributed by atoms with van der Waals surface area (Å²) >= 11 is 5.86. The van der Waals surface area contributed by atoms with Gasteiger partial charge in [0.1, 0.15) is 12.7 Å². The van der Waals surface area contributed by atoms with E-state index in [0.717, 1.165) is 11.1 Å². The molecule has 0 saturated carbocycles. The number of carboxylic acids is 1. The van der Waals surface area contributed by atoms with E-state index in [1.165, 1.54) is 0 Å². The Morgan fingerprint density at radius 2 is 1.78 bits per heavy atom. The van der Waals surface area contributed by atoms with E-state index < -0.39 is 42.5 Å². The molecule has 1 aliphatic rings. The normalized spacial score (nSPS) is 22.1. The molecule has 4 atom stereocenters. The molecule has 1 unspecified atom stereocenters. The number of amides is 2. The number of hydrogen-bond acceptors (Lipinski definition) is 7. The lowest BCUT2D eigenvalue weighted by molar-refractivity contribution is -0.296. The van der Waals surface area contributed by atoms with E-state index in [9.17, 15) is 24.6 Å². The van der Waals surface area contributed by atoms with Crippen LogP contribution in [0.25, 0.3) is 0 Å². The van der Waals surface area contributed by atoms with Gasteiger partial charge in [0, 0.05) is 18.0 Å². The highest BCUT2D eigenvalue weighted by atomic mass is 35.5. The van der Waals surface area contributed by atoms with Gasteiger partial charge in [0.25, 0.3) is 5.79 Å². The Hall–Kier alpha value is -3.02. The number of rotatable bonds is 12. The predicted molar refractivity (Wildman–Crippen MR) is 134 cm³/mol. The number of carboxylic acid groups (broad SMARTS) is 1. The fourth-order valence-corrected chi connectivity index (χ4v) is 4.22. The molecule has 0 spiro atoms. The molecular formula is C26H31ClN2O8. The van der Waals surface area contributed by atoms with Crippen molar-refractivity contribution in [3.63, 3.8) is 0 Å². The highest BCUT2D eigenvalue weighted by Gasteiger charge is 2.51. The van der Waals surface area contributed by atoms with Crippen molar-refractivity contribution in [3.8, 4) is 0 Å². The first kappa shape index (κ1) is 28.5. The standard InChI is InChI=1S/C26H31ClN2O8/c27-19-8-6-17(7-9-19)14-22(32)28-13-11-21(31)24-20(29-23(33)15-30)10-12-26(37-24,25(34)35)36-16-18-4-2-1-3-5-18/h1-9,20-21,24,30-31H,10-16H2,(H,28,32)(H,29,33)(H,34,35)/t20?,21-,24-,26-/m1/s1. The zero-order valence-corrected chi connectivity index (χ0v) is 20.9. The first-order valence-electron chi connectivity index (χ1n) is 11.9. The maximum absolute atomic E-state index is 12.3. The molecule has 2 aromatic carbocycles. The second kappa shape index (κ2) is 13.5. The summed E-state index contributed by atoms with van der Waals surface area (Å²) < 4.78 is 11.6. The number of halogens is 1. The lowest BCUT2D eigenvalue weighted by atomic mass is 9.91. The summed E-state index contributed by atoms with van der Waals surface area (Å²) in [6.45, 7) is -0.724. The molecule has 1 heterocycles. The number of hydrogen-bond donors (Lipinski definition) is 5. The van der Waals surface area contributed by atoms with Crippen molar-refractivity contribution in [1.82, 2.24) is 10.6 Å². The zero-order valence-electron chi connectivity index (χ0n) is 20.1. The molecule has 37 heavy (non-hydrogen) atoms. The van der Waals surface area contributed by atoms with Gasteiger partial charge in [-0.05, 0) is 36.1 Å². The Morgan fingerprint density at radius 3 is 2.43 bits per heavy atom. The van der Waals surface area contributed by atoms with E-state index in [0.29, 0.717) is 5.02 Å². The van der Waals surface area contributed by atoms with Crippen LogP contribution in [0.1, 0.15) is 30.4 Å². The van der Waals surface area contributed by atoms with Crippen LogP contribution < -0.4 is 10.6 Å². The average molecular weight is 535 g/mol. The molecule has 3 rings (SSSR count). The van der Waals surface area contributed by atoms with E-state index in [1.807, 2.05) is 6.07 Å². The van der Waals surface area contributed by atoms with Crippen molar-refractivity contribution >= 4 is 29.4 Å². The fraction of sp³-hybridized carbons (Fsp3) is 0.423. The average Bonchev–Trinajstić information content (AvgIpc) is 2.89. The van der Waals surface area contributed by atoms with Gasteiger partial charge in [0.05, 0.1) is 25.2 Å². The molecule has 0 aromatic heterocycles. The number of benzene rings is 2. The monoisotopic (exact) mass is 534 g/mol. The summed E-state index contributed by atoms with van der Waals surface area (Å²) in [7, 11) is 0. The fourth-order valence-electron chi connectivity index (χ4n) is 4.10. The molecule has 0 radical (unpaired) electrons. The van der Waals surface area contributed by atoms with Gasteiger partial charge < -0.3 is 35.4 Å². The van der Waals surface area contributed by atoms with E-state index >= 15 is 0 Å². The summed E-state index contributed by atoms with van der Waals surface area (Å²) in [5.74, 6) is -4.35. The molecule has 0 bridgehead atoms. The summed E-state index contributed by atoms with van der Waals surface area (Å²) in [5, 5.41) is 35.9. The van der Waals surface area contributed by atoms with Crippen molar-refractivity contribution in [2.45, 2.75) is 56.3 Å². The molecule has 1 saturated heterocycles. The van der Waals surface area contributed by atoms with Crippen molar-refractivity contribution in [1.29, 1.82) is 0 Å². The molecule has 10 nitrogen and oxygen atoms in total. The molecule has 200 valence electrons. The number of aliphatic carboxylic acids is 1. The van der Waals surface area contributed by atoms with Crippen LogP contribution in [0.15, 0.2) is 54.6 Å². The van der Waals surface area contributed by atoms with Gasteiger partial charge in [-0.3, -0.25) is 9.59 Å². The van der Waals surface area contributed by atoms with Crippen molar-refractivity contribution in [3.05, 3.63) is 70.7 Å². The molecule has 5 N–H and O–H groups in total. The minimum Gasteiger partial charge on any atom is -0.477 e. The minimum atomic E-state index is -2.04. The molecule has 1 aliphatic heterocycles. The third-order valence-corrected chi connectivity index (χ3v) is 6.31. The zero-order chi connectivity index (χ0) is 26.8. The summed E-state index contributed by atoms with van der Waals surface area (Å²) in [6, 6.07) is 15.0. The second-order valence-corrected chi connectivity index (χ2v) is 9.23. The van der Waals surface area contributed by atoms with Gasteiger partial charge in [-0.2, -0.15) is 0 Å². The van der Waals surface area contributed by atoms with Crippen molar-refractivity contribution < 1.29 is 39.2 Å². The van der Waals surface area contributed by atoms with Crippen LogP contribution in [0.4, 0.5) is 0 Å². The molecule has 2 aromatic rings.